The molecule has 2 N–H and O–H groups in total. The Kier molecular flexibility index (Phi) is 4.93. The van der Waals surface area contributed by atoms with Crippen LogP contribution in [0.5, 0.6) is 0 Å². The highest BCUT2D eigenvalue weighted by Crippen LogP contribution is 2.20. The molecular formula is C15H16BrNO. The summed E-state index contributed by atoms with van der Waals surface area (Å²) in [6.07, 6.45) is -0.0571. The van der Waals surface area contributed by atoms with Crippen LogP contribution >= 0.6 is 15.9 Å². The third-order valence-electron chi connectivity index (χ3n) is 2.75. The van der Waals surface area contributed by atoms with Gasteiger partial charge in [0.1, 0.15) is 0 Å². The average Bonchev–Trinajstić information content (AvgIpc) is 2.42. The fourth-order valence-corrected chi connectivity index (χ4v) is 2.01. The Bertz CT molecular complexity index is 470. The summed E-state index contributed by atoms with van der Waals surface area (Å²) in [6.45, 7) is 1.06. The molecule has 0 aliphatic rings. The van der Waals surface area contributed by atoms with Crippen LogP contribution in [0, 0.1) is 0 Å². The molecule has 0 heterocycles. The van der Waals surface area contributed by atoms with E-state index in [1.165, 1.54) is 0 Å². The van der Waals surface area contributed by atoms with Gasteiger partial charge in [0.05, 0.1) is 12.7 Å². The van der Waals surface area contributed by atoms with Gasteiger partial charge in [0.15, 0.2) is 0 Å². The van der Waals surface area contributed by atoms with E-state index in [2.05, 4.69) is 28.1 Å². The van der Waals surface area contributed by atoms with Crippen molar-refractivity contribution in [3.8, 4) is 0 Å². The Labute approximate surface area is 116 Å². The Morgan fingerprint density at radius 3 is 2.28 bits per heavy atom. The second-order valence-corrected chi connectivity index (χ2v) is 4.99. The van der Waals surface area contributed by atoms with Crippen molar-refractivity contribution in [1.29, 1.82) is 0 Å². The Morgan fingerprint density at radius 1 is 1.00 bits per heavy atom. The normalized spacial score (nSPS) is 12.3. The predicted molar refractivity (Wildman–Crippen MR) is 77.2 cm³/mol. The van der Waals surface area contributed by atoms with Crippen LogP contribution in [-0.4, -0.2) is 6.54 Å². The maximum atomic E-state index is 5.86. The van der Waals surface area contributed by atoms with Gasteiger partial charge in [-0.2, -0.15) is 0 Å². The third-order valence-corrected chi connectivity index (χ3v) is 3.28. The zero-order chi connectivity index (χ0) is 12.8. The molecule has 1 atom stereocenters. The first-order chi connectivity index (χ1) is 8.79. The molecule has 2 aromatic rings. The molecule has 0 saturated carbocycles. The van der Waals surface area contributed by atoms with Crippen LogP contribution in [0.3, 0.4) is 0 Å². The van der Waals surface area contributed by atoms with Gasteiger partial charge in [-0.1, -0.05) is 58.4 Å². The van der Waals surface area contributed by atoms with Gasteiger partial charge in [-0.25, -0.2) is 0 Å². The van der Waals surface area contributed by atoms with Crippen molar-refractivity contribution in [2.75, 3.05) is 6.54 Å². The highest BCUT2D eigenvalue weighted by atomic mass is 79.9. The number of halogens is 1. The van der Waals surface area contributed by atoms with Crippen LogP contribution in [0.1, 0.15) is 17.2 Å². The van der Waals surface area contributed by atoms with E-state index >= 15 is 0 Å². The number of hydrogen-bond donors (Lipinski definition) is 1. The van der Waals surface area contributed by atoms with Crippen molar-refractivity contribution in [2.24, 2.45) is 5.73 Å². The fourth-order valence-electron chi connectivity index (χ4n) is 1.75. The van der Waals surface area contributed by atoms with Gasteiger partial charge in [0, 0.05) is 11.0 Å². The summed E-state index contributed by atoms with van der Waals surface area (Å²) in [5, 5.41) is 0. The van der Waals surface area contributed by atoms with Crippen molar-refractivity contribution >= 4 is 15.9 Å². The van der Waals surface area contributed by atoms with E-state index in [0.717, 1.165) is 15.6 Å². The number of ether oxygens (including phenoxy) is 1. The zero-order valence-corrected chi connectivity index (χ0v) is 11.6. The molecule has 2 nitrogen and oxygen atoms in total. The standard InChI is InChI=1S/C15H16BrNO/c16-14-8-6-13(7-9-14)15(10-17)18-11-12-4-2-1-3-5-12/h1-9,15H,10-11,17H2. The van der Waals surface area contributed by atoms with Gasteiger partial charge in [-0.05, 0) is 23.3 Å². The largest absolute Gasteiger partial charge is 0.368 e. The lowest BCUT2D eigenvalue weighted by atomic mass is 10.1. The molecule has 0 fully saturated rings. The molecule has 0 amide bonds. The summed E-state index contributed by atoms with van der Waals surface area (Å²) in [4.78, 5) is 0. The van der Waals surface area contributed by atoms with Crippen molar-refractivity contribution in [1.82, 2.24) is 0 Å². The quantitative estimate of drug-likeness (QED) is 0.915. The topological polar surface area (TPSA) is 35.2 Å². The summed E-state index contributed by atoms with van der Waals surface area (Å²) in [5.74, 6) is 0. The van der Waals surface area contributed by atoms with Crippen LogP contribution in [-0.2, 0) is 11.3 Å². The van der Waals surface area contributed by atoms with Gasteiger partial charge in [0.2, 0.25) is 0 Å². The molecule has 0 aliphatic carbocycles. The molecule has 94 valence electrons. The molecule has 0 saturated heterocycles. The van der Waals surface area contributed by atoms with E-state index in [0.29, 0.717) is 13.2 Å². The molecule has 0 aliphatic heterocycles. The summed E-state index contributed by atoms with van der Waals surface area (Å²) < 4.78 is 6.92. The highest BCUT2D eigenvalue weighted by Gasteiger charge is 2.09. The Hall–Kier alpha value is -1.16. The number of nitrogens with two attached hydrogens (primary N) is 1. The average molecular weight is 306 g/mol. The molecule has 2 rings (SSSR count). The van der Waals surface area contributed by atoms with Crippen LogP contribution in [0.4, 0.5) is 0 Å². The van der Waals surface area contributed by atoms with Crippen molar-refractivity contribution in [3.63, 3.8) is 0 Å². The van der Waals surface area contributed by atoms with Gasteiger partial charge in [-0.3, -0.25) is 0 Å². The first-order valence-corrected chi connectivity index (χ1v) is 6.70. The van der Waals surface area contributed by atoms with Gasteiger partial charge in [0.25, 0.3) is 0 Å². The molecule has 3 heteroatoms. The van der Waals surface area contributed by atoms with Crippen molar-refractivity contribution < 1.29 is 4.74 Å². The minimum Gasteiger partial charge on any atom is -0.368 e. The Balaban J connectivity index is 1.99. The monoisotopic (exact) mass is 305 g/mol. The van der Waals surface area contributed by atoms with Gasteiger partial charge in [-0.15, -0.1) is 0 Å². The van der Waals surface area contributed by atoms with E-state index in [-0.39, 0.29) is 6.10 Å². The number of rotatable bonds is 5. The summed E-state index contributed by atoms with van der Waals surface area (Å²) in [7, 11) is 0. The van der Waals surface area contributed by atoms with E-state index in [4.69, 9.17) is 10.5 Å². The molecule has 2 aromatic carbocycles. The second-order valence-electron chi connectivity index (χ2n) is 4.07. The third kappa shape index (κ3) is 3.67. The van der Waals surface area contributed by atoms with Crippen LogP contribution < -0.4 is 5.73 Å². The number of benzene rings is 2. The first-order valence-electron chi connectivity index (χ1n) is 5.90. The molecule has 0 aromatic heterocycles. The minimum absolute atomic E-state index is 0.0571. The minimum atomic E-state index is -0.0571. The highest BCUT2D eigenvalue weighted by molar-refractivity contribution is 9.10. The second kappa shape index (κ2) is 6.69. The van der Waals surface area contributed by atoms with Crippen LogP contribution in [0.25, 0.3) is 0 Å². The maximum Gasteiger partial charge on any atom is 0.0951 e. The fraction of sp³-hybridized carbons (Fsp3) is 0.200. The van der Waals surface area contributed by atoms with Gasteiger partial charge < -0.3 is 10.5 Å². The maximum absolute atomic E-state index is 5.86. The Morgan fingerprint density at radius 2 is 1.67 bits per heavy atom. The SMILES string of the molecule is NCC(OCc1ccccc1)c1ccc(Br)cc1. The molecule has 0 spiro atoms. The molecule has 18 heavy (non-hydrogen) atoms. The summed E-state index contributed by atoms with van der Waals surface area (Å²) in [6, 6.07) is 18.2. The summed E-state index contributed by atoms with van der Waals surface area (Å²) >= 11 is 3.42. The molecule has 0 radical (unpaired) electrons. The number of hydrogen-bond acceptors (Lipinski definition) is 2. The van der Waals surface area contributed by atoms with Crippen LogP contribution in [0.2, 0.25) is 0 Å². The lowest BCUT2D eigenvalue weighted by Gasteiger charge is -2.16. The van der Waals surface area contributed by atoms with E-state index in [9.17, 15) is 0 Å². The van der Waals surface area contributed by atoms with Gasteiger partial charge >= 0.3 is 0 Å². The summed E-state index contributed by atoms with van der Waals surface area (Å²) in [5.41, 5.74) is 8.04. The lowest BCUT2D eigenvalue weighted by Crippen LogP contribution is -2.15. The zero-order valence-electron chi connectivity index (χ0n) is 10.1. The van der Waals surface area contributed by atoms with Crippen LogP contribution in [0.15, 0.2) is 59.1 Å². The molecular weight excluding hydrogens is 290 g/mol. The smallest absolute Gasteiger partial charge is 0.0951 e. The van der Waals surface area contributed by atoms with E-state index < -0.39 is 0 Å². The van der Waals surface area contributed by atoms with E-state index in [1.54, 1.807) is 0 Å². The van der Waals surface area contributed by atoms with Crippen molar-refractivity contribution in [2.45, 2.75) is 12.7 Å². The molecule has 1 unspecified atom stereocenters. The van der Waals surface area contributed by atoms with Crippen molar-refractivity contribution in [3.05, 3.63) is 70.2 Å². The van der Waals surface area contributed by atoms with E-state index in [1.807, 2.05) is 42.5 Å². The lowest BCUT2D eigenvalue weighted by molar-refractivity contribution is 0.0456. The first kappa shape index (κ1) is 13.3. The molecule has 0 bridgehead atoms. The predicted octanol–water partition coefficient (Wildman–Crippen LogP) is 3.67.